The maximum absolute atomic E-state index is 3.95. The second-order valence-electron chi connectivity index (χ2n) is 2.39. The standard InChI is InChI=1S/C9H7N2/c1-7-6-10-11-9-5-3-2-4-8(7)9/h2-6H,1H2. The van der Waals surface area contributed by atoms with Gasteiger partial charge >= 0.3 is 0 Å². The van der Waals surface area contributed by atoms with E-state index < -0.39 is 0 Å². The molecule has 11 heavy (non-hydrogen) atoms. The van der Waals surface area contributed by atoms with E-state index in [-0.39, 0.29) is 0 Å². The highest BCUT2D eigenvalue weighted by Crippen LogP contribution is 2.12. The van der Waals surface area contributed by atoms with Crippen molar-refractivity contribution in [3.05, 3.63) is 42.9 Å². The van der Waals surface area contributed by atoms with Gasteiger partial charge in [0.2, 0.25) is 0 Å². The van der Waals surface area contributed by atoms with E-state index in [0.717, 1.165) is 16.5 Å². The van der Waals surface area contributed by atoms with Gasteiger partial charge in [-0.1, -0.05) is 18.2 Å². The largest absolute Gasteiger partial charge is 0.158 e. The Morgan fingerprint density at radius 3 is 2.82 bits per heavy atom. The van der Waals surface area contributed by atoms with Crippen LogP contribution in [0.3, 0.4) is 0 Å². The fourth-order valence-electron chi connectivity index (χ4n) is 1.06. The zero-order valence-electron chi connectivity index (χ0n) is 5.99. The Bertz CT molecular complexity index is 377. The topological polar surface area (TPSA) is 25.8 Å². The first-order chi connectivity index (χ1) is 5.38. The van der Waals surface area contributed by atoms with Crippen LogP contribution in [0, 0.1) is 6.92 Å². The van der Waals surface area contributed by atoms with Gasteiger partial charge in [-0.2, -0.15) is 10.2 Å². The average Bonchev–Trinajstić information content (AvgIpc) is 2.06. The third kappa shape index (κ3) is 0.963. The summed E-state index contributed by atoms with van der Waals surface area (Å²) in [5, 5.41) is 8.82. The maximum atomic E-state index is 3.95. The minimum atomic E-state index is 0.903. The molecule has 2 rings (SSSR count). The summed E-state index contributed by atoms with van der Waals surface area (Å²) >= 11 is 0. The van der Waals surface area contributed by atoms with E-state index in [2.05, 4.69) is 17.1 Å². The van der Waals surface area contributed by atoms with Crippen molar-refractivity contribution in [2.75, 3.05) is 0 Å². The van der Waals surface area contributed by atoms with Gasteiger partial charge in [0.1, 0.15) is 0 Å². The molecule has 0 aliphatic carbocycles. The molecule has 0 bridgehead atoms. The number of rotatable bonds is 0. The van der Waals surface area contributed by atoms with Crippen LogP contribution in [0.2, 0.25) is 0 Å². The molecule has 0 unspecified atom stereocenters. The summed E-state index contributed by atoms with van der Waals surface area (Å²) in [4.78, 5) is 0. The lowest BCUT2D eigenvalue weighted by Gasteiger charge is -1.96. The molecular weight excluding hydrogens is 136 g/mol. The van der Waals surface area contributed by atoms with Crippen LogP contribution in [0.1, 0.15) is 5.56 Å². The Labute approximate surface area is 64.9 Å². The first-order valence-corrected chi connectivity index (χ1v) is 3.40. The van der Waals surface area contributed by atoms with Crippen LogP contribution in [0.5, 0.6) is 0 Å². The smallest absolute Gasteiger partial charge is 0.0932 e. The monoisotopic (exact) mass is 143 g/mol. The average molecular weight is 143 g/mol. The van der Waals surface area contributed by atoms with Crippen molar-refractivity contribution in [2.24, 2.45) is 0 Å². The fourth-order valence-corrected chi connectivity index (χ4v) is 1.06. The molecule has 0 aliphatic rings. The molecule has 0 aliphatic heterocycles. The lowest BCUT2D eigenvalue weighted by molar-refractivity contribution is 1.07. The number of benzene rings is 1. The second-order valence-corrected chi connectivity index (χ2v) is 2.39. The summed E-state index contributed by atoms with van der Waals surface area (Å²) in [6, 6.07) is 7.83. The third-order valence-electron chi connectivity index (χ3n) is 1.63. The van der Waals surface area contributed by atoms with E-state index in [1.165, 1.54) is 0 Å². The van der Waals surface area contributed by atoms with Gasteiger partial charge < -0.3 is 0 Å². The summed E-state index contributed by atoms with van der Waals surface area (Å²) in [5.41, 5.74) is 1.83. The van der Waals surface area contributed by atoms with E-state index in [1.807, 2.05) is 24.3 Å². The summed E-state index contributed by atoms with van der Waals surface area (Å²) < 4.78 is 0. The van der Waals surface area contributed by atoms with E-state index >= 15 is 0 Å². The minimum Gasteiger partial charge on any atom is -0.158 e. The molecule has 1 radical (unpaired) electrons. The predicted octanol–water partition coefficient (Wildman–Crippen LogP) is 1.81. The SMILES string of the molecule is [CH2]c1cnnc2ccccc12. The Balaban J connectivity index is 2.91. The first-order valence-electron chi connectivity index (χ1n) is 3.40. The highest BCUT2D eigenvalue weighted by atomic mass is 15.1. The van der Waals surface area contributed by atoms with Crippen LogP contribution in [0.15, 0.2) is 30.5 Å². The van der Waals surface area contributed by atoms with Gasteiger partial charge in [-0.15, -0.1) is 0 Å². The van der Waals surface area contributed by atoms with Crippen molar-refractivity contribution < 1.29 is 0 Å². The van der Waals surface area contributed by atoms with Gasteiger partial charge in [-0.25, -0.2) is 0 Å². The third-order valence-corrected chi connectivity index (χ3v) is 1.63. The molecule has 2 heteroatoms. The normalized spacial score (nSPS) is 10.3. The molecule has 2 nitrogen and oxygen atoms in total. The quantitative estimate of drug-likeness (QED) is 0.562. The van der Waals surface area contributed by atoms with Gasteiger partial charge in [0.25, 0.3) is 0 Å². The minimum absolute atomic E-state index is 0.903. The van der Waals surface area contributed by atoms with Crippen molar-refractivity contribution in [1.29, 1.82) is 0 Å². The molecule has 0 saturated heterocycles. The second kappa shape index (κ2) is 2.31. The Kier molecular flexibility index (Phi) is 1.32. The molecule has 0 spiro atoms. The molecule has 0 fully saturated rings. The maximum Gasteiger partial charge on any atom is 0.0932 e. The summed E-state index contributed by atoms with van der Waals surface area (Å²) in [6.45, 7) is 3.85. The van der Waals surface area contributed by atoms with Gasteiger partial charge in [-0.05, 0) is 18.6 Å². The number of nitrogens with zero attached hydrogens (tertiary/aromatic N) is 2. The van der Waals surface area contributed by atoms with Crippen LogP contribution in [0.4, 0.5) is 0 Å². The van der Waals surface area contributed by atoms with E-state index in [9.17, 15) is 0 Å². The molecule has 53 valence electrons. The number of fused-ring (bicyclic) bond motifs is 1. The van der Waals surface area contributed by atoms with E-state index in [0.29, 0.717) is 0 Å². The lowest BCUT2D eigenvalue weighted by atomic mass is 10.1. The Hall–Kier alpha value is -1.44. The molecule has 0 saturated carbocycles. The van der Waals surface area contributed by atoms with Crippen LogP contribution in [-0.4, -0.2) is 10.2 Å². The lowest BCUT2D eigenvalue weighted by Crippen LogP contribution is -1.85. The van der Waals surface area contributed by atoms with E-state index in [1.54, 1.807) is 6.20 Å². The number of hydrogen-bond acceptors (Lipinski definition) is 2. The highest BCUT2D eigenvalue weighted by molar-refractivity contribution is 5.81. The number of hydrogen-bond donors (Lipinski definition) is 0. The predicted molar refractivity (Wildman–Crippen MR) is 44.0 cm³/mol. The van der Waals surface area contributed by atoms with Crippen LogP contribution >= 0.6 is 0 Å². The molecule has 1 aromatic heterocycles. The van der Waals surface area contributed by atoms with Gasteiger partial charge in [0.15, 0.2) is 0 Å². The van der Waals surface area contributed by atoms with Crippen LogP contribution in [0.25, 0.3) is 10.9 Å². The summed E-state index contributed by atoms with van der Waals surface area (Å²) in [6.07, 6.45) is 1.67. The molecule has 2 aromatic rings. The van der Waals surface area contributed by atoms with E-state index in [4.69, 9.17) is 0 Å². The van der Waals surface area contributed by atoms with Crippen LogP contribution < -0.4 is 0 Å². The molecule has 0 atom stereocenters. The van der Waals surface area contributed by atoms with Crippen molar-refractivity contribution >= 4 is 10.9 Å². The zero-order valence-corrected chi connectivity index (χ0v) is 5.99. The van der Waals surface area contributed by atoms with Crippen LogP contribution in [-0.2, 0) is 0 Å². The summed E-state index contributed by atoms with van der Waals surface area (Å²) in [7, 11) is 0. The van der Waals surface area contributed by atoms with Crippen molar-refractivity contribution in [3.8, 4) is 0 Å². The van der Waals surface area contributed by atoms with Crippen molar-refractivity contribution in [2.45, 2.75) is 0 Å². The molecule has 1 heterocycles. The van der Waals surface area contributed by atoms with Crippen molar-refractivity contribution in [1.82, 2.24) is 10.2 Å². The van der Waals surface area contributed by atoms with Gasteiger partial charge in [-0.3, -0.25) is 0 Å². The Morgan fingerprint density at radius 1 is 1.18 bits per heavy atom. The Morgan fingerprint density at radius 2 is 2.00 bits per heavy atom. The van der Waals surface area contributed by atoms with Crippen molar-refractivity contribution in [3.63, 3.8) is 0 Å². The van der Waals surface area contributed by atoms with Gasteiger partial charge in [0, 0.05) is 5.39 Å². The highest BCUT2D eigenvalue weighted by Gasteiger charge is 1.94. The molecule has 1 aromatic carbocycles. The molecule has 0 N–H and O–H groups in total. The molecule has 0 amide bonds. The number of aromatic nitrogens is 2. The van der Waals surface area contributed by atoms with Gasteiger partial charge in [0.05, 0.1) is 11.7 Å². The molecular formula is C9H7N2. The zero-order chi connectivity index (χ0) is 7.68. The fraction of sp³-hybridized carbons (Fsp3) is 0. The summed E-state index contributed by atoms with van der Waals surface area (Å²) in [5.74, 6) is 0. The first kappa shape index (κ1) is 6.28.